The lowest BCUT2D eigenvalue weighted by Crippen LogP contribution is -2.62. The van der Waals surface area contributed by atoms with E-state index in [1.54, 1.807) is 7.11 Å². The fraction of sp³-hybridized carbons (Fsp3) is 0.733. The van der Waals surface area contributed by atoms with Crippen LogP contribution in [0.15, 0.2) is 5.38 Å². The van der Waals surface area contributed by atoms with Crippen molar-refractivity contribution in [3.63, 3.8) is 0 Å². The lowest BCUT2D eigenvalue weighted by atomic mass is 9.67. The minimum atomic E-state index is -0.0855. The summed E-state index contributed by atoms with van der Waals surface area (Å²) in [4.78, 5) is 18.9. The van der Waals surface area contributed by atoms with Gasteiger partial charge in [0.25, 0.3) is 5.91 Å². The van der Waals surface area contributed by atoms with Crippen molar-refractivity contribution in [1.29, 1.82) is 0 Å². The van der Waals surface area contributed by atoms with Gasteiger partial charge in [0.1, 0.15) is 10.7 Å². The van der Waals surface area contributed by atoms with Crippen LogP contribution in [0.1, 0.15) is 21.9 Å². The van der Waals surface area contributed by atoms with Gasteiger partial charge < -0.3 is 19.7 Å². The van der Waals surface area contributed by atoms with Crippen LogP contribution >= 0.6 is 11.3 Å². The van der Waals surface area contributed by atoms with Gasteiger partial charge in [-0.05, 0) is 20.5 Å². The van der Waals surface area contributed by atoms with Gasteiger partial charge in [-0.15, -0.1) is 11.3 Å². The largest absolute Gasteiger partial charge is 0.384 e. The smallest absolute Gasteiger partial charge is 0.271 e. The predicted molar refractivity (Wildman–Crippen MR) is 84.0 cm³/mol. The lowest BCUT2D eigenvalue weighted by molar-refractivity contribution is -0.0810. The Balaban J connectivity index is 1.62. The number of amides is 1. The average Bonchev–Trinajstić information content (AvgIpc) is 3.08. The van der Waals surface area contributed by atoms with Crippen molar-refractivity contribution in [2.45, 2.75) is 25.1 Å². The maximum Gasteiger partial charge on any atom is 0.271 e. The Morgan fingerprint density at radius 1 is 1.59 bits per heavy atom. The molecule has 2 aliphatic rings. The van der Waals surface area contributed by atoms with Crippen molar-refractivity contribution >= 4 is 17.2 Å². The van der Waals surface area contributed by atoms with Crippen molar-refractivity contribution in [3.8, 4) is 0 Å². The summed E-state index contributed by atoms with van der Waals surface area (Å²) in [6, 6.07) is 0.138. The number of hydrogen-bond donors (Lipinski definition) is 1. The highest BCUT2D eigenvalue weighted by atomic mass is 32.1. The molecule has 1 saturated heterocycles. The Morgan fingerprint density at radius 3 is 3.14 bits per heavy atom. The molecule has 1 aromatic rings. The molecule has 0 unspecified atom stereocenters. The Labute approximate surface area is 134 Å². The van der Waals surface area contributed by atoms with Crippen LogP contribution in [0.5, 0.6) is 0 Å². The van der Waals surface area contributed by atoms with Crippen molar-refractivity contribution in [3.05, 3.63) is 16.1 Å². The summed E-state index contributed by atoms with van der Waals surface area (Å²) in [5, 5.41) is 5.93. The number of aromatic nitrogens is 1. The molecule has 0 bridgehead atoms. The summed E-state index contributed by atoms with van der Waals surface area (Å²) < 4.78 is 11.0. The highest BCUT2D eigenvalue weighted by Gasteiger charge is 2.54. The molecule has 4 atom stereocenters. The topological polar surface area (TPSA) is 63.7 Å². The van der Waals surface area contributed by atoms with Gasteiger partial charge in [0, 0.05) is 43.5 Å². The minimum Gasteiger partial charge on any atom is -0.384 e. The van der Waals surface area contributed by atoms with Crippen LogP contribution in [-0.4, -0.2) is 62.4 Å². The van der Waals surface area contributed by atoms with E-state index in [1.165, 1.54) is 11.3 Å². The Bertz CT molecular complexity index is 534. The van der Waals surface area contributed by atoms with E-state index in [4.69, 9.17) is 9.47 Å². The second-order valence-electron chi connectivity index (χ2n) is 6.27. The Hall–Kier alpha value is -1.02. The zero-order chi connectivity index (χ0) is 15.7. The molecule has 6 nitrogen and oxygen atoms in total. The lowest BCUT2D eigenvalue weighted by Gasteiger charge is -2.47. The highest BCUT2D eigenvalue weighted by molar-refractivity contribution is 7.09. The average molecular weight is 325 g/mol. The number of rotatable bonds is 6. The molecule has 2 heterocycles. The van der Waals surface area contributed by atoms with E-state index in [1.807, 2.05) is 24.4 Å². The number of nitrogens with zero attached hydrogens (tertiary/aromatic N) is 2. The quantitative estimate of drug-likeness (QED) is 0.845. The first-order chi connectivity index (χ1) is 10.6. The summed E-state index contributed by atoms with van der Waals surface area (Å²) in [5.74, 6) is 0.586. The van der Waals surface area contributed by atoms with Gasteiger partial charge in [-0.2, -0.15) is 0 Å². The standard InChI is InChI=1S/C15H23N3O3S/c1-18(2)6-12-16-11(8-22-12)15(19)17-13-9-4-5-21-14(9)10(13)7-20-3/h8-10,13-14H,4-7H2,1-3H3,(H,17,19)/t9-,10+,13+,14-/m0/s1. The number of thiazole rings is 1. The number of hydrogen-bond acceptors (Lipinski definition) is 6. The summed E-state index contributed by atoms with van der Waals surface area (Å²) in [6.45, 7) is 2.16. The monoisotopic (exact) mass is 325 g/mol. The van der Waals surface area contributed by atoms with Crippen LogP contribution in [0.2, 0.25) is 0 Å². The molecule has 0 aromatic carbocycles. The van der Waals surface area contributed by atoms with Crippen LogP contribution in [0.3, 0.4) is 0 Å². The maximum atomic E-state index is 12.4. The van der Waals surface area contributed by atoms with Gasteiger partial charge in [0.15, 0.2) is 0 Å². The summed E-state index contributed by atoms with van der Waals surface area (Å²) in [5.41, 5.74) is 0.514. The zero-order valence-corrected chi connectivity index (χ0v) is 14.1. The number of carbonyl (C=O) groups is 1. The number of carbonyl (C=O) groups excluding carboxylic acids is 1. The molecule has 3 rings (SSSR count). The van der Waals surface area contributed by atoms with Crippen molar-refractivity contribution in [2.24, 2.45) is 11.8 Å². The Kier molecular flexibility index (Phi) is 4.77. The van der Waals surface area contributed by atoms with Crippen LogP contribution in [0, 0.1) is 11.8 Å². The molecular formula is C15H23N3O3S. The first kappa shape index (κ1) is 15.9. The van der Waals surface area contributed by atoms with Gasteiger partial charge in [0.2, 0.25) is 0 Å². The maximum absolute atomic E-state index is 12.4. The minimum absolute atomic E-state index is 0.0855. The third-order valence-corrected chi connectivity index (χ3v) is 5.25. The molecule has 0 radical (unpaired) electrons. The molecule has 1 aromatic heterocycles. The molecule has 1 saturated carbocycles. The third-order valence-electron chi connectivity index (χ3n) is 4.42. The molecule has 122 valence electrons. The number of fused-ring (bicyclic) bond motifs is 1. The van der Waals surface area contributed by atoms with Gasteiger partial charge in [-0.1, -0.05) is 0 Å². The molecule has 1 aliphatic carbocycles. The molecular weight excluding hydrogens is 302 g/mol. The van der Waals surface area contributed by atoms with E-state index in [-0.39, 0.29) is 24.0 Å². The second kappa shape index (κ2) is 6.62. The third kappa shape index (κ3) is 3.03. The van der Waals surface area contributed by atoms with E-state index in [0.29, 0.717) is 18.2 Å². The second-order valence-corrected chi connectivity index (χ2v) is 7.21. The molecule has 1 aliphatic heterocycles. The normalized spacial score (nSPS) is 30.2. The first-order valence-corrected chi connectivity index (χ1v) is 8.48. The van der Waals surface area contributed by atoms with E-state index in [2.05, 4.69) is 10.3 Å². The highest BCUT2D eigenvalue weighted by Crippen LogP contribution is 2.43. The summed E-state index contributed by atoms with van der Waals surface area (Å²) in [6.07, 6.45) is 1.25. The molecule has 1 N–H and O–H groups in total. The molecule has 1 amide bonds. The number of methoxy groups -OCH3 is 1. The predicted octanol–water partition coefficient (Wildman–Crippen LogP) is 0.984. The van der Waals surface area contributed by atoms with Crippen molar-refractivity contribution in [2.75, 3.05) is 34.4 Å². The van der Waals surface area contributed by atoms with Crippen LogP contribution in [-0.2, 0) is 16.0 Å². The van der Waals surface area contributed by atoms with Gasteiger partial charge in [0.05, 0.1) is 12.7 Å². The molecule has 2 fully saturated rings. The van der Waals surface area contributed by atoms with E-state index in [9.17, 15) is 4.79 Å². The molecule has 22 heavy (non-hydrogen) atoms. The first-order valence-electron chi connectivity index (χ1n) is 7.60. The summed E-state index contributed by atoms with van der Waals surface area (Å²) >= 11 is 1.53. The van der Waals surface area contributed by atoms with E-state index < -0.39 is 0 Å². The van der Waals surface area contributed by atoms with E-state index >= 15 is 0 Å². The number of ether oxygens (including phenoxy) is 2. The number of nitrogens with one attached hydrogen (secondary N) is 1. The molecule has 0 spiro atoms. The fourth-order valence-electron chi connectivity index (χ4n) is 3.42. The van der Waals surface area contributed by atoms with Gasteiger partial charge in [-0.25, -0.2) is 4.98 Å². The fourth-order valence-corrected chi connectivity index (χ4v) is 4.31. The van der Waals surface area contributed by atoms with Gasteiger partial charge >= 0.3 is 0 Å². The van der Waals surface area contributed by atoms with E-state index in [0.717, 1.165) is 24.6 Å². The van der Waals surface area contributed by atoms with Crippen LogP contribution in [0.4, 0.5) is 0 Å². The van der Waals surface area contributed by atoms with Crippen LogP contribution < -0.4 is 5.32 Å². The zero-order valence-electron chi connectivity index (χ0n) is 13.2. The van der Waals surface area contributed by atoms with Gasteiger partial charge in [-0.3, -0.25) is 4.79 Å². The van der Waals surface area contributed by atoms with Crippen molar-refractivity contribution in [1.82, 2.24) is 15.2 Å². The SMILES string of the molecule is COC[C@@H]1[C@H](NC(=O)c2csc(CN(C)C)n2)[C@@H]2CCO[C@H]12. The summed E-state index contributed by atoms with van der Waals surface area (Å²) in [7, 11) is 5.67. The molecule has 7 heteroatoms. The van der Waals surface area contributed by atoms with Crippen LogP contribution in [0.25, 0.3) is 0 Å². The Morgan fingerprint density at radius 2 is 2.41 bits per heavy atom. The van der Waals surface area contributed by atoms with Crippen molar-refractivity contribution < 1.29 is 14.3 Å².